The molecule has 1 heterocycles. The van der Waals surface area contributed by atoms with Crippen molar-refractivity contribution < 1.29 is 13.2 Å². The summed E-state index contributed by atoms with van der Waals surface area (Å²) in [6, 6.07) is 13.6. The molecular formula is C16H11F3N4O. The van der Waals surface area contributed by atoms with E-state index in [1.165, 1.54) is 18.2 Å². The molecule has 1 aromatic heterocycles. The van der Waals surface area contributed by atoms with Crippen molar-refractivity contribution in [2.75, 3.05) is 0 Å². The lowest BCUT2D eigenvalue weighted by atomic mass is 10.1. The molecule has 0 aliphatic heterocycles. The Morgan fingerprint density at radius 1 is 0.833 bits per heavy atom. The van der Waals surface area contributed by atoms with Gasteiger partial charge in [-0.1, -0.05) is 42.5 Å². The van der Waals surface area contributed by atoms with Crippen LogP contribution in [0.4, 0.5) is 24.5 Å². The first kappa shape index (κ1) is 15.7. The van der Waals surface area contributed by atoms with E-state index in [-0.39, 0.29) is 11.4 Å². The Morgan fingerprint density at radius 3 is 2.21 bits per heavy atom. The van der Waals surface area contributed by atoms with Crippen LogP contribution in [0.25, 0.3) is 11.3 Å². The zero-order chi connectivity index (χ0) is 17.2. The van der Waals surface area contributed by atoms with Crippen molar-refractivity contribution in [3.63, 3.8) is 0 Å². The standard InChI is InChI=1S/C16H11F3N4O/c17-16(18,19)11-8-4-5-9-12(11)20-22-14-13(21-23-15(14)24)10-6-2-1-3-7-10/h1-9H,(H2,21,23,24). The largest absolute Gasteiger partial charge is 0.418 e. The van der Waals surface area contributed by atoms with Gasteiger partial charge in [0, 0.05) is 5.56 Å². The number of hydrogen-bond acceptors (Lipinski definition) is 3. The van der Waals surface area contributed by atoms with Crippen molar-refractivity contribution in [3.8, 4) is 11.3 Å². The number of nitrogens with zero attached hydrogens (tertiary/aromatic N) is 2. The monoisotopic (exact) mass is 332 g/mol. The van der Waals surface area contributed by atoms with E-state index in [4.69, 9.17) is 0 Å². The van der Waals surface area contributed by atoms with Crippen LogP contribution in [0.5, 0.6) is 0 Å². The summed E-state index contributed by atoms with van der Waals surface area (Å²) in [6.07, 6.45) is -4.55. The van der Waals surface area contributed by atoms with E-state index in [1.54, 1.807) is 30.3 Å². The molecule has 0 radical (unpaired) electrons. The predicted octanol–water partition coefficient (Wildman–Crippen LogP) is 4.80. The third-order valence-electron chi connectivity index (χ3n) is 3.28. The van der Waals surface area contributed by atoms with Gasteiger partial charge in [-0.3, -0.25) is 15.0 Å². The van der Waals surface area contributed by atoms with Gasteiger partial charge in [-0.25, -0.2) is 0 Å². The Bertz CT molecular complexity index is 926. The maximum atomic E-state index is 13.0. The Labute approximate surface area is 133 Å². The Hall–Kier alpha value is -3.16. The average molecular weight is 332 g/mol. The predicted molar refractivity (Wildman–Crippen MR) is 82.5 cm³/mol. The van der Waals surface area contributed by atoms with Gasteiger partial charge < -0.3 is 0 Å². The number of aromatic nitrogens is 2. The third-order valence-corrected chi connectivity index (χ3v) is 3.28. The number of aromatic amines is 2. The zero-order valence-corrected chi connectivity index (χ0v) is 12.1. The summed E-state index contributed by atoms with van der Waals surface area (Å²) in [5.41, 5.74) is -0.908. The van der Waals surface area contributed by atoms with Gasteiger partial charge in [0.05, 0.1) is 16.9 Å². The summed E-state index contributed by atoms with van der Waals surface area (Å²) in [7, 11) is 0. The van der Waals surface area contributed by atoms with Crippen LogP contribution in [0.15, 0.2) is 69.6 Å². The van der Waals surface area contributed by atoms with Crippen LogP contribution in [0.3, 0.4) is 0 Å². The first-order chi connectivity index (χ1) is 11.5. The summed E-state index contributed by atoms with van der Waals surface area (Å²) in [5, 5.41) is 12.4. The van der Waals surface area contributed by atoms with E-state index >= 15 is 0 Å². The molecule has 0 atom stereocenters. The van der Waals surface area contributed by atoms with Gasteiger partial charge in [-0.2, -0.15) is 13.2 Å². The van der Waals surface area contributed by atoms with E-state index < -0.39 is 17.3 Å². The van der Waals surface area contributed by atoms with Gasteiger partial charge in [-0.05, 0) is 12.1 Å². The van der Waals surface area contributed by atoms with Gasteiger partial charge in [0.25, 0.3) is 5.56 Å². The molecule has 8 heteroatoms. The highest BCUT2D eigenvalue weighted by molar-refractivity contribution is 5.71. The van der Waals surface area contributed by atoms with Gasteiger partial charge in [0.1, 0.15) is 0 Å². The molecule has 0 saturated carbocycles. The molecule has 122 valence electrons. The molecule has 0 aliphatic rings. The number of alkyl halides is 3. The Kier molecular flexibility index (Phi) is 4.03. The first-order valence-electron chi connectivity index (χ1n) is 6.91. The SMILES string of the molecule is O=c1[nH][nH]c(-c2ccccc2)c1N=Nc1ccccc1C(F)(F)F. The van der Waals surface area contributed by atoms with Gasteiger partial charge >= 0.3 is 6.18 Å². The van der Waals surface area contributed by atoms with Crippen molar-refractivity contribution in [1.82, 2.24) is 10.2 Å². The maximum Gasteiger partial charge on any atom is 0.418 e. The van der Waals surface area contributed by atoms with Gasteiger partial charge in [-0.15, -0.1) is 10.2 Å². The van der Waals surface area contributed by atoms with Crippen LogP contribution >= 0.6 is 0 Å². The quantitative estimate of drug-likeness (QED) is 0.664. The number of azo groups is 1. The smallest absolute Gasteiger partial charge is 0.295 e. The number of benzene rings is 2. The van der Waals surface area contributed by atoms with Crippen LogP contribution in [-0.4, -0.2) is 10.2 Å². The highest BCUT2D eigenvalue weighted by Gasteiger charge is 2.33. The molecule has 2 aromatic carbocycles. The van der Waals surface area contributed by atoms with Crippen molar-refractivity contribution in [3.05, 3.63) is 70.5 Å². The average Bonchev–Trinajstić information content (AvgIpc) is 2.94. The zero-order valence-electron chi connectivity index (χ0n) is 12.1. The highest BCUT2D eigenvalue weighted by atomic mass is 19.4. The fraction of sp³-hybridized carbons (Fsp3) is 0.0625. The maximum absolute atomic E-state index is 13.0. The molecular weight excluding hydrogens is 321 g/mol. The lowest BCUT2D eigenvalue weighted by Crippen LogP contribution is -2.04. The minimum atomic E-state index is -4.55. The fourth-order valence-corrected chi connectivity index (χ4v) is 2.16. The minimum absolute atomic E-state index is 0.0850. The lowest BCUT2D eigenvalue weighted by Gasteiger charge is -2.08. The van der Waals surface area contributed by atoms with E-state index in [9.17, 15) is 18.0 Å². The second-order valence-electron chi connectivity index (χ2n) is 4.88. The normalized spacial score (nSPS) is 12.0. The summed E-state index contributed by atoms with van der Waals surface area (Å²) < 4.78 is 38.9. The van der Waals surface area contributed by atoms with Crippen LogP contribution in [0.1, 0.15) is 5.56 Å². The Morgan fingerprint density at radius 2 is 1.50 bits per heavy atom. The third kappa shape index (κ3) is 3.12. The van der Waals surface area contributed by atoms with Crippen molar-refractivity contribution in [2.45, 2.75) is 6.18 Å². The number of nitrogens with one attached hydrogen (secondary N) is 2. The molecule has 0 saturated heterocycles. The molecule has 2 N–H and O–H groups in total. The lowest BCUT2D eigenvalue weighted by molar-refractivity contribution is -0.137. The fourth-order valence-electron chi connectivity index (χ4n) is 2.16. The number of rotatable bonds is 3. The van der Waals surface area contributed by atoms with E-state index in [1.807, 2.05) is 0 Å². The molecule has 0 amide bonds. The van der Waals surface area contributed by atoms with Crippen molar-refractivity contribution in [2.24, 2.45) is 10.2 Å². The molecule has 0 aliphatic carbocycles. The molecule has 0 spiro atoms. The summed E-state index contributed by atoms with van der Waals surface area (Å²) in [5.74, 6) is 0. The van der Waals surface area contributed by atoms with E-state index in [2.05, 4.69) is 20.4 Å². The summed E-state index contributed by atoms with van der Waals surface area (Å²) >= 11 is 0. The Balaban J connectivity index is 2.04. The summed E-state index contributed by atoms with van der Waals surface area (Å²) in [6.45, 7) is 0. The molecule has 0 fully saturated rings. The number of H-pyrrole nitrogens is 2. The molecule has 0 bridgehead atoms. The van der Waals surface area contributed by atoms with Gasteiger partial charge in [0.15, 0.2) is 5.69 Å². The van der Waals surface area contributed by atoms with Crippen LogP contribution in [-0.2, 0) is 6.18 Å². The van der Waals surface area contributed by atoms with Crippen LogP contribution in [0.2, 0.25) is 0 Å². The van der Waals surface area contributed by atoms with Crippen LogP contribution < -0.4 is 5.56 Å². The molecule has 3 rings (SSSR count). The minimum Gasteiger partial charge on any atom is -0.295 e. The van der Waals surface area contributed by atoms with Crippen molar-refractivity contribution >= 4 is 11.4 Å². The molecule has 0 unspecified atom stereocenters. The highest BCUT2D eigenvalue weighted by Crippen LogP contribution is 2.37. The summed E-state index contributed by atoms with van der Waals surface area (Å²) in [4.78, 5) is 11.9. The second kappa shape index (κ2) is 6.15. The first-order valence-corrected chi connectivity index (χ1v) is 6.91. The molecule has 24 heavy (non-hydrogen) atoms. The second-order valence-corrected chi connectivity index (χ2v) is 4.88. The number of halogens is 3. The van der Waals surface area contributed by atoms with Crippen LogP contribution in [0, 0.1) is 0 Å². The topological polar surface area (TPSA) is 73.4 Å². The van der Waals surface area contributed by atoms with Gasteiger partial charge in [0.2, 0.25) is 0 Å². The molecule has 3 aromatic rings. The van der Waals surface area contributed by atoms with Crippen molar-refractivity contribution in [1.29, 1.82) is 0 Å². The number of hydrogen-bond donors (Lipinski definition) is 2. The van der Waals surface area contributed by atoms with E-state index in [0.29, 0.717) is 11.3 Å². The molecule has 5 nitrogen and oxygen atoms in total. The van der Waals surface area contributed by atoms with E-state index in [0.717, 1.165) is 6.07 Å².